The Kier molecular flexibility index (Phi) is 7.23. The molecule has 0 bridgehead atoms. The van der Waals surface area contributed by atoms with Crippen LogP contribution in [0.4, 0.5) is 17.1 Å². The third kappa shape index (κ3) is 5.43. The number of hydrogen-bond acceptors (Lipinski definition) is 5. The highest BCUT2D eigenvalue weighted by Crippen LogP contribution is 2.31. The molecular weight excluding hydrogens is 539 g/mol. The summed E-state index contributed by atoms with van der Waals surface area (Å²) in [6.07, 6.45) is 1.57. The van der Waals surface area contributed by atoms with Gasteiger partial charge < -0.3 is 5.32 Å². The van der Waals surface area contributed by atoms with E-state index in [4.69, 9.17) is 23.2 Å². The van der Waals surface area contributed by atoms with Crippen molar-refractivity contribution < 1.29 is 14.5 Å². The molecule has 4 aromatic rings. The molecule has 0 unspecified atom stereocenters. The first-order valence-corrected chi connectivity index (χ1v) is 12.4. The van der Waals surface area contributed by atoms with E-state index in [9.17, 15) is 19.7 Å². The molecule has 0 radical (unpaired) electrons. The van der Waals surface area contributed by atoms with Gasteiger partial charge in [0, 0.05) is 23.3 Å². The van der Waals surface area contributed by atoms with Gasteiger partial charge in [-0.2, -0.15) is 0 Å². The summed E-state index contributed by atoms with van der Waals surface area (Å²) in [6.45, 7) is 0. The maximum atomic E-state index is 13.5. The molecule has 5 rings (SSSR count). The van der Waals surface area contributed by atoms with E-state index in [1.54, 1.807) is 60.7 Å². The zero-order valence-electron chi connectivity index (χ0n) is 20.0. The number of nitro groups is 1. The van der Waals surface area contributed by atoms with Gasteiger partial charge in [0.1, 0.15) is 11.5 Å². The number of benzene rings is 4. The molecule has 1 aliphatic heterocycles. The first-order valence-electron chi connectivity index (χ1n) is 11.6. The highest BCUT2D eigenvalue weighted by atomic mass is 35.5. The second-order valence-electron chi connectivity index (χ2n) is 8.42. The Bertz CT molecular complexity index is 1630. The summed E-state index contributed by atoms with van der Waals surface area (Å²) >= 11 is 12.3. The van der Waals surface area contributed by atoms with Crippen molar-refractivity contribution in [2.24, 2.45) is 4.99 Å². The van der Waals surface area contributed by atoms with Crippen LogP contribution in [0.15, 0.2) is 108 Å². The highest BCUT2D eigenvalue weighted by Gasteiger charge is 2.32. The van der Waals surface area contributed by atoms with Crippen molar-refractivity contribution in [2.75, 3.05) is 10.2 Å². The van der Waals surface area contributed by atoms with E-state index >= 15 is 0 Å². The number of carbonyl (C=O) groups is 2. The van der Waals surface area contributed by atoms with Gasteiger partial charge in [-0.25, -0.2) is 4.99 Å². The number of aliphatic imine (C=N–C) groups is 1. The average molecular weight is 557 g/mol. The molecule has 1 N–H and O–H groups in total. The van der Waals surface area contributed by atoms with E-state index in [1.807, 2.05) is 30.3 Å². The maximum Gasteiger partial charge on any atom is 0.282 e. The fourth-order valence-electron chi connectivity index (χ4n) is 3.95. The second-order valence-corrected chi connectivity index (χ2v) is 9.23. The van der Waals surface area contributed by atoms with E-state index in [-0.39, 0.29) is 17.3 Å². The van der Waals surface area contributed by atoms with Crippen molar-refractivity contribution in [2.45, 2.75) is 0 Å². The summed E-state index contributed by atoms with van der Waals surface area (Å²) in [6, 6.07) is 26.4. The van der Waals surface area contributed by atoms with Crippen molar-refractivity contribution in [3.05, 3.63) is 140 Å². The van der Waals surface area contributed by atoms with Crippen LogP contribution in [0.2, 0.25) is 10.0 Å². The predicted molar refractivity (Wildman–Crippen MR) is 152 cm³/mol. The second kappa shape index (κ2) is 10.9. The minimum absolute atomic E-state index is 0.0501. The molecule has 39 heavy (non-hydrogen) atoms. The Morgan fingerprint density at radius 3 is 2.13 bits per heavy atom. The first kappa shape index (κ1) is 25.8. The maximum absolute atomic E-state index is 13.5. The van der Waals surface area contributed by atoms with E-state index in [0.717, 1.165) is 0 Å². The van der Waals surface area contributed by atoms with Crippen LogP contribution in [-0.2, 0) is 4.79 Å². The van der Waals surface area contributed by atoms with Crippen LogP contribution >= 0.6 is 23.2 Å². The number of anilines is 2. The monoisotopic (exact) mass is 556 g/mol. The number of amides is 2. The lowest BCUT2D eigenvalue weighted by Crippen LogP contribution is -2.32. The molecule has 0 atom stereocenters. The fraction of sp³-hybridized carbons (Fsp3) is 0. The zero-order chi connectivity index (χ0) is 27.5. The number of halogens is 2. The number of nitrogens with zero attached hydrogens (tertiary/aromatic N) is 3. The Morgan fingerprint density at radius 1 is 0.872 bits per heavy atom. The quantitative estimate of drug-likeness (QED) is 0.157. The lowest BCUT2D eigenvalue weighted by molar-refractivity contribution is -0.384. The molecule has 1 heterocycles. The molecule has 0 saturated heterocycles. The van der Waals surface area contributed by atoms with Crippen molar-refractivity contribution in [1.29, 1.82) is 0 Å². The standard InChI is InChI=1S/C29H18Cl2N4O4/c30-23-7-4-8-24(31)26(23)33-28(36)20-11-15-21(16-12-20)34-27(19-5-2-1-3-6-19)32-25(29(34)37)17-18-9-13-22(14-10-18)35(38)39/h1-17H,(H,33,36). The number of hydrogen-bond donors (Lipinski definition) is 1. The Labute approximate surface area is 233 Å². The van der Waals surface area contributed by atoms with Gasteiger partial charge in [-0.05, 0) is 60.2 Å². The molecular formula is C29H18Cl2N4O4. The van der Waals surface area contributed by atoms with Gasteiger partial charge in [0.2, 0.25) is 0 Å². The minimum atomic E-state index is -0.488. The lowest BCUT2D eigenvalue weighted by Gasteiger charge is -2.19. The molecule has 2 amide bonds. The topological polar surface area (TPSA) is 105 Å². The van der Waals surface area contributed by atoms with Crippen LogP contribution in [0.1, 0.15) is 21.5 Å². The molecule has 0 fully saturated rings. The Morgan fingerprint density at radius 2 is 1.51 bits per heavy atom. The van der Waals surface area contributed by atoms with Crippen molar-refractivity contribution >= 4 is 64.0 Å². The third-order valence-electron chi connectivity index (χ3n) is 5.89. The molecule has 0 spiro atoms. The van der Waals surface area contributed by atoms with E-state index in [2.05, 4.69) is 10.3 Å². The summed E-state index contributed by atoms with van der Waals surface area (Å²) < 4.78 is 0. The van der Waals surface area contributed by atoms with Crippen LogP contribution in [0.5, 0.6) is 0 Å². The summed E-state index contributed by atoms with van der Waals surface area (Å²) in [5.74, 6) is -0.388. The third-order valence-corrected chi connectivity index (χ3v) is 6.52. The van der Waals surface area contributed by atoms with Crippen LogP contribution in [-0.4, -0.2) is 22.6 Å². The average Bonchev–Trinajstić information content (AvgIpc) is 3.27. The Balaban J connectivity index is 1.45. The van der Waals surface area contributed by atoms with Crippen molar-refractivity contribution in [3.63, 3.8) is 0 Å². The van der Waals surface area contributed by atoms with Gasteiger partial charge >= 0.3 is 0 Å². The Hall–Kier alpha value is -4.79. The number of amidine groups is 1. The molecule has 0 aliphatic carbocycles. The van der Waals surface area contributed by atoms with E-state index in [1.165, 1.54) is 17.0 Å². The molecule has 10 heteroatoms. The molecule has 4 aromatic carbocycles. The summed E-state index contributed by atoms with van der Waals surface area (Å²) in [5.41, 5.74) is 2.57. The highest BCUT2D eigenvalue weighted by molar-refractivity contribution is 6.40. The van der Waals surface area contributed by atoms with E-state index < -0.39 is 10.8 Å². The molecule has 0 aromatic heterocycles. The fourth-order valence-corrected chi connectivity index (χ4v) is 4.44. The SMILES string of the molecule is O=C(Nc1c(Cl)cccc1Cl)c1ccc(N2C(=O)C(=Cc3ccc([N+](=O)[O-])cc3)N=C2c2ccccc2)cc1. The van der Waals surface area contributed by atoms with Crippen molar-refractivity contribution in [3.8, 4) is 0 Å². The lowest BCUT2D eigenvalue weighted by atomic mass is 10.1. The number of rotatable bonds is 6. The number of para-hydroxylation sites is 1. The largest absolute Gasteiger partial charge is 0.319 e. The van der Waals surface area contributed by atoms with Gasteiger partial charge in [-0.3, -0.25) is 24.6 Å². The zero-order valence-corrected chi connectivity index (χ0v) is 21.6. The normalized spacial score (nSPS) is 13.9. The number of nitrogens with one attached hydrogen (secondary N) is 1. The molecule has 192 valence electrons. The van der Waals surface area contributed by atoms with Gasteiger partial charge in [-0.15, -0.1) is 0 Å². The van der Waals surface area contributed by atoms with Crippen LogP contribution < -0.4 is 10.2 Å². The van der Waals surface area contributed by atoms with Gasteiger partial charge in [-0.1, -0.05) is 59.6 Å². The molecule has 1 aliphatic rings. The number of carbonyl (C=O) groups excluding carboxylic acids is 2. The van der Waals surface area contributed by atoms with Crippen LogP contribution in [0, 0.1) is 10.1 Å². The van der Waals surface area contributed by atoms with Crippen molar-refractivity contribution in [1.82, 2.24) is 0 Å². The van der Waals surface area contributed by atoms with Gasteiger partial charge in [0.25, 0.3) is 17.5 Å². The van der Waals surface area contributed by atoms with Crippen LogP contribution in [0.25, 0.3) is 6.08 Å². The predicted octanol–water partition coefficient (Wildman–Crippen LogP) is 6.99. The van der Waals surface area contributed by atoms with Crippen LogP contribution in [0.3, 0.4) is 0 Å². The van der Waals surface area contributed by atoms with Gasteiger partial charge in [0.05, 0.1) is 26.3 Å². The van der Waals surface area contributed by atoms with Gasteiger partial charge in [0.15, 0.2) is 0 Å². The molecule has 0 saturated carbocycles. The summed E-state index contributed by atoms with van der Waals surface area (Å²) in [7, 11) is 0. The number of non-ortho nitro benzene ring substituents is 1. The smallest absolute Gasteiger partial charge is 0.282 e. The summed E-state index contributed by atoms with van der Waals surface area (Å²) in [4.78, 5) is 42.9. The summed E-state index contributed by atoms with van der Waals surface area (Å²) in [5, 5.41) is 14.3. The number of nitro benzene ring substituents is 1. The minimum Gasteiger partial charge on any atom is -0.319 e. The first-order chi connectivity index (χ1) is 18.8. The molecule has 8 nitrogen and oxygen atoms in total. The van der Waals surface area contributed by atoms with E-state index in [0.29, 0.717) is 43.9 Å².